The van der Waals surface area contributed by atoms with E-state index in [1.165, 1.54) is 0 Å². The number of H-pyrrole nitrogens is 1. The minimum Gasteiger partial charge on any atom is -0.490 e. The molecule has 4 heterocycles. The maximum atomic E-state index is 12.7. The van der Waals surface area contributed by atoms with Crippen LogP contribution in [0, 0.1) is 6.92 Å². The summed E-state index contributed by atoms with van der Waals surface area (Å²) in [5, 5.41) is 9.57. The molecule has 186 valence electrons. The molecule has 2 aromatic heterocycles. The average molecular weight is 507 g/mol. The van der Waals surface area contributed by atoms with Gasteiger partial charge in [0.25, 0.3) is 0 Å². The van der Waals surface area contributed by atoms with Crippen LogP contribution < -0.4 is 9.64 Å². The molecule has 6 rings (SSSR count). The quantitative estimate of drug-likeness (QED) is 0.390. The zero-order valence-corrected chi connectivity index (χ0v) is 21.4. The van der Waals surface area contributed by atoms with Crippen molar-refractivity contribution in [2.45, 2.75) is 39.3 Å². The lowest BCUT2D eigenvalue weighted by molar-refractivity contribution is 0.0202. The van der Waals surface area contributed by atoms with Gasteiger partial charge in [-0.2, -0.15) is 5.10 Å². The van der Waals surface area contributed by atoms with E-state index in [2.05, 4.69) is 32.0 Å². The number of fused-ring (bicyclic) bond motifs is 3. The Morgan fingerprint density at radius 3 is 2.89 bits per heavy atom. The first kappa shape index (κ1) is 22.8. The predicted octanol–water partition coefficient (Wildman–Crippen LogP) is 4.95. The van der Waals surface area contributed by atoms with Crippen molar-refractivity contribution in [2.24, 2.45) is 0 Å². The van der Waals surface area contributed by atoms with Gasteiger partial charge in [0.05, 0.1) is 33.7 Å². The highest BCUT2D eigenvalue weighted by Gasteiger charge is 2.36. The molecule has 1 atom stereocenters. The molecular formula is C26H27ClN6O3. The van der Waals surface area contributed by atoms with Crippen molar-refractivity contribution in [1.29, 1.82) is 0 Å². The van der Waals surface area contributed by atoms with Crippen molar-refractivity contribution in [3.05, 3.63) is 41.3 Å². The monoisotopic (exact) mass is 506 g/mol. The van der Waals surface area contributed by atoms with Crippen molar-refractivity contribution in [1.82, 2.24) is 25.1 Å². The van der Waals surface area contributed by atoms with Gasteiger partial charge in [0.15, 0.2) is 0 Å². The molecule has 9 nitrogen and oxygen atoms in total. The van der Waals surface area contributed by atoms with Gasteiger partial charge in [-0.25, -0.2) is 14.8 Å². The minimum absolute atomic E-state index is 0.0852. The first-order chi connectivity index (χ1) is 17.2. The Kier molecular flexibility index (Phi) is 5.22. The maximum Gasteiger partial charge on any atom is 0.410 e. The standard InChI is InChI=1S/C26H27ClN6O3/c1-14-5-6-18-17(10-30-31-18)20(14)16-9-19-21-23(22(16)27)28-13-29-24(21)33-8-7-32(11-15(33)12-35-19)25(34)36-26(2,3)4/h5-6,9-10,13,15H,7-8,11-12H2,1-4H3,(H,30,31)/t15-/m0/s1. The molecule has 1 saturated heterocycles. The summed E-state index contributed by atoms with van der Waals surface area (Å²) in [6, 6.07) is 5.96. The summed E-state index contributed by atoms with van der Waals surface area (Å²) in [6.45, 7) is 9.66. The third kappa shape index (κ3) is 3.69. The van der Waals surface area contributed by atoms with Crippen LogP contribution in [0.15, 0.2) is 30.7 Å². The number of anilines is 1. The predicted molar refractivity (Wildman–Crippen MR) is 139 cm³/mol. The summed E-state index contributed by atoms with van der Waals surface area (Å²) >= 11 is 7.03. The molecule has 1 N–H and O–H groups in total. The molecule has 1 amide bonds. The Labute approximate surface area is 213 Å². The number of nitrogens with one attached hydrogen (secondary N) is 1. The van der Waals surface area contributed by atoms with Crippen molar-refractivity contribution in [2.75, 3.05) is 31.1 Å². The third-order valence-corrected chi connectivity index (χ3v) is 7.12. The lowest BCUT2D eigenvalue weighted by Crippen LogP contribution is -2.57. The number of carbonyl (C=O) groups is 1. The van der Waals surface area contributed by atoms with Crippen LogP contribution in [0.2, 0.25) is 5.02 Å². The Morgan fingerprint density at radius 1 is 1.25 bits per heavy atom. The largest absolute Gasteiger partial charge is 0.490 e. The Balaban J connectivity index is 1.43. The van der Waals surface area contributed by atoms with Crippen LogP contribution in [0.3, 0.4) is 0 Å². The summed E-state index contributed by atoms with van der Waals surface area (Å²) in [4.78, 5) is 25.9. The number of ether oxygens (including phenoxy) is 2. The number of aromatic amines is 1. The van der Waals surface area contributed by atoms with Crippen molar-refractivity contribution in [3.63, 3.8) is 0 Å². The molecule has 0 unspecified atom stereocenters. The molecular weight excluding hydrogens is 480 g/mol. The SMILES string of the molecule is Cc1ccc2[nH]ncc2c1-c1cc2c3c(ncnc3c1Cl)N1CCN(C(=O)OC(C)(C)C)C[C@H]1CO2. The molecule has 0 bridgehead atoms. The van der Waals surface area contributed by atoms with Gasteiger partial charge < -0.3 is 19.3 Å². The molecule has 10 heteroatoms. The summed E-state index contributed by atoms with van der Waals surface area (Å²) in [7, 11) is 0. The molecule has 0 aliphatic carbocycles. The normalized spacial score (nSPS) is 17.6. The zero-order chi connectivity index (χ0) is 25.2. The molecule has 0 radical (unpaired) electrons. The number of amides is 1. The van der Waals surface area contributed by atoms with Crippen molar-refractivity contribution in [3.8, 4) is 16.9 Å². The minimum atomic E-state index is -0.549. The molecule has 0 spiro atoms. The number of piperazine rings is 1. The Hall–Kier alpha value is -3.59. The van der Waals surface area contributed by atoms with Crippen LogP contribution in [0.5, 0.6) is 5.75 Å². The van der Waals surface area contributed by atoms with Gasteiger partial charge in [0.2, 0.25) is 0 Å². The van der Waals surface area contributed by atoms with Crippen LogP contribution in [-0.2, 0) is 4.74 Å². The highest BCUT2D eigenvalue weighted by Crippen LogP contribution is 2.46. The van der Waals surface area contributed by atoms with Crippen LogP contribution in [0.4, 0.5) is 10.6 Å². The van der Waals surface area contributed by atoms with E-state index in [0.717, 1.165) is 38.8 Å². The lowest BCUT2D eigenvalue weighted by Gasteiger charge is -2.41. The first-order valence-corrected chi connectivity index (χ1v) is 12.4. The molecule has 36 heavy (non-hydrogen) atoms. The fourth-order valence-corrected chi connectivity index (χ4v) is 5.41. The van der Waals surface area contributed by atoms with Crippen LogP contribution in [0.1, 0.15) is 26.3 Å². The molecule has 2 aliphatic rings. The molecule has 2 aliphatic heterocycles. The summed E-state index contributed by atoms with van der Waals surface area (Å²) in [6.07, 6.45) is 3.05. The molecule has 2 aromatic carbocycles. The summed E-state index contributed by atoms with van der Waals surface area (Å²) in [5.74, 6) is 1.45. The van der Waals surface area contributed by atoms with Crippen molar-refractivity contribution < 1.29 is 14.3 Å². The number of aromatic nitrogens is 4. The van der Waals surface area contributed by atoms with E-state index in [9.17, 15) is 4.79 Å². The highest BCUT2D eigenvalue weighted by atomic mass is 35.5. The van der Waals surface area contributed by atoms with Gasteiger partial charge in [-0.1, -0.05) is 17.7 Å². The number of rotatable bonds is 1. The number of benzene rings is 2. The van der Waals surface area contributed by atoms with Gasteiger partial charge in [-0.05, 0) is 51.0 Å². The number of nitrogens with zero attached hydrogens (tertiary/aromatic N) is 5. The average Bonchev–Trinajstić information content (AvgIpc) is 3.25. The van der Waals surface area contributed by atoms with Gasteiger partial charge in [0.1, 0.15) is 30.1 Å². The molecule has 1 fully saturated rings. The lowest BCUT2D eigenvalue weighted by atomic mass is 9.95. The smallest absolute Gasteiger partial charge is 0.410 e. The van der Waals surface area contributed by atoms with E-state index < -0.39 is 5.60 Å². The van der Waals surface area contributed by atoms with E-state index in [0.29, 0.717) is 42.5 Å². The van der Waals surface area contributed by atoms with E-state index in [-0.39, 0.29) is 12.1 Å². The highest BCUT2D eigenvalue weighted by molar-refractivity contribution is 6.39. The van der Waals surface area contributed by atoms with Crippen LogP contribution >= 0.6 is 11.6 Å². The van der Waals surface area contributed by atoms with Gasteiger partial charge >= 0.3 is 6.09 Å². The fourth-order valence-electron chi connectivity index (χ4n) is 5.12. The topological polar surface area (TPSA) is 96.5 Å². The van der Waals surface area contributed by atoms with E-state index in [1.54, 1.807) is 11.2 Å². The Morgan fingerprint density at radius 2 is 2.08 bits per heavy atom. The maximum absolute atomic E-state index is 12.7. The van der Waals surface area contributed by atoms with Gasteiger partial charge in [-0.3, -0.25) is 5.10 Å². The molecule has 4 aromatic rings. The first-order valence-electron chi connectivity index (χ1n) is 12.0. The fraction of sp³-hybridized carbons (Fsp3) is 0.385. The summed E-state index contributed by atoms with van der Waals surface area (Å²) in [5.41, 5.74) is 3.93. The number of halogens is 1. The van der Waals surface area contributed by atoms with E-state index >= 15 is 0 Å². The molecule has 0 saturated carbocycles. The third-order valence-electron chi connectivity index (χ3n) is 6.73. The number of hydrogen-bond donors (Lipinski definition) is 1. The van der Waals surface area contributed by atoms with Gasteiger partial charge in [0, 0.05) is 30.6 Å². The van der Waals surface area contributed by atoms with Crippen LogP contribution in [-0.4, -0.2) is 69.0 Å². The summed E-state index contributed by atoms with van der Waals surface area (Å²) < 4.78 is 12.0. The second-order valence-corrected chi connectivity index (χ2v) is 10.7. The number of hydrogen-bond acceptors (Lipinski definition) is 7. The van der Waals surface area contributed by atoms with E-state index in [1.807, 2.05) is 45.2 Å². The van der Waals surface area contributed by atoms with Crippen molar-refractivity contribution >= 4 is 45.3 Å². The second-order valence-electron chi connectivity index (χ2n) is 10.3. The second kappa shape index (κ2) is 8.23. The van der Waals surface area contributed by atoms with Crippen LogP contribution in [0.25, 0.3) is 32.9 Å². The van der Waals surface area contributed by atoms with Gasteiger partial charge in [-0.15, -0.1) is 0 Å². The van der Waals surface area contributed by atoms with E-state index in [4.69, 9.17) is 21.1 Å². The number of carbonyl (C=O) groups excluding carboxylic acids is 1. The zero-order valence-electron chi connectivity index (χ0n) is 20.6. The number of aryl methyl sites for hydroxylation is 1. The Bertz CT molecular complexity index is 1510.